The van der Waals surface area contributed by atoms with Gasteiger partial charge in [-0.25, -0.2) is 0 Å². The summed E-state index contributed by atoms with van der Waals surface area (Å²) in [5.74, 6) is 0.207. The second-order valence-corrected chi connectivity index (χ2v) is 4.21. The first-order chi connectivity index (χ1) is 7.52. The van der Waals surface area contributed by atoms with Crippen molar-refractivity contribution in [1.82, 2.24) is 0 Å². The lowest BCUT2D eigenvalue weighted by Gasteiger charge is -2.15. The Hall–Kier alpha value is -1.42. The topological polar surface area (TPSA) is 70.6 Å². The molecule has 0 heterocycles. The van der Waals surface area contributed by atoms with E-state index in [1.54, 1.807) is 0 Å². The first kappa shape index (κ1) is 12.6. The molecule has 0 amide bonds. The van der Waals surface area contributed by atoms with E-state index in [2.05, 4.69) is 10.5 Å². The van der Waals surface area contributed by atoms with Crippen molar-refractivity contribution in [3.05, 3.63) is 28.8 Å². The molecule has 5 heteroatoms. The van der Waals surface area contributed by atoms with E-state index >= 15 is 0 Å². The fourth-order valence-electron chi connectivity index (χ4n) is 1.37. The summed E-state index contributed by atoms with van der Waals surface area (Å²) in [7, 11) is 0. The molecule has 1 aromatic carbocycles. The van der Waals surface area contributed by atoms with Gasteiger partial charge in [-0.05, 0) is 31.5 Å². The Morgan fingerprint density at radius 3 is 2.88 bits per heavy atom. The minimum atomic E-state index is 0.0784. The molecule has 0 saturated heterocycles. The summed E-state index contributed by atoms with van der Waals surface area (Å²) >= 11 is 6.00. The van der Waals surface area contributed by atoms with Crippen LogP contribution in [0.1, 0.15) is 18.9 Å². The number of aryl methyl sites for hydroxylation is 1. The summed E-state index contributed by atoms with van der Waals surface area (Å²) in [6, 6.07) is 5.83. The summed E-state index contributed by atoms with van der Waals surface area (Å²) < 4.78 is 0. The van der Waals surface area contributed by atoms with Crippen LogP contribution in [0.5, 0.6) is 0 Å². The van der Waals surface area contributed by atoms with E-state index in [0.29, 0.717) is 6.42 Å². The van der Waals surface area contributed by atoms with Crippen LogP contribution in [0.25, 0.3) is 0 Å². The fraction of sp³-hybridized carbons (Fsp3) is 0.364. The molecule has 88 valence electrons. The molecule has 1 rings (SSSR count). The van der Waals surface area contributed by atoms with Crippen molar-refractivity contribution in [3.8, 4) is 0 Å². The molecule has 16 heavy (non-hydrogen) atoms. The van der Waals surface area contributed by atoms with Gasteiger partial charge in [0.25, 0.3) is 0 Å². The minimum absolute atomic E-state index is 0.0784. The van der Waals surface area contributed by atoms with Crippen molar-refractivity contribution in [1.29, 1.82) is 0 Å². The number of rotatable bonds is 4. The molecular formula is C11H16ClN3O. The van der Waals surface area contributed by atoms with Crippen molar-refractivity contribution >= 4 is 23.1 Å². The molecule has 0 aliphatic carbocycles. The molecule has 0 aliphatic rings. The third-order valence-electron chi connectivity index (χ3n) is 2.23. The predicted octanol–water partition coefficient (Wildman–Crippen LogP) is 2.59. The van der Waals surface area contributed by atoms with Crippen molar-refractivity contribution in [2.45, 2.75) is 26.3 Å². The number of amidine groups is 1. The lowest BCUT2D eigenvalue weighted by Crippen LogP contribution is -2.24. The third kappa shape index (κ3) is 3.62. The molecule has 0 aromatic heterocycles. The number of halogens is 1. The Morgan fingerprint density at radius 2 is 2.31 bits per heavy atom. The highest BCUT2D eigenvalue weighted by molar-refractivity contribution is 6.31. The summed E-state index contributed by atoms with van der Waals surface area (Å²) in [5.41, 5.74) is 7.38. The van der Waals surface area contributed by atoms with E-state index < -0.39 is 0 Å². The number of nitrogens with two attached hydrogens (primary N) is 1. The van der Waals surface area contributed by atoms with Gasteiger partial charge in [0.15, 0.2) is 0 Å². The number of anilines is 1. The normalized spacial score (nSPS) is 13.6. The van der Waals surface area contributed by atoms with Gasteiger partial charge in [-0.3, -0.25) is 0 Å². The Bertz CT molecular complexity index is 393. The number of benzene rings is 1. The maximum atomic E-state index is 8.44. The van der Waals surface area contributed by atoms with E-state index in [1.165, 1.54) is 0 Å². The second kappa shape index (κ2) is 5.61. The number of nitrogens with zero attached hydrogens (tertiary/aromatic N) is 1. The van der Waals surface area contributed by atoms with Gasteiger partial charge in [0.2, 0.25) is 0 Å². The van der Waals surface area contributed by atoms with Crippen LogP contribution in [0.3, 0.4) is 0 Å². The van der Waals surface area contributed by atoms with Crippen molar-refractivity contribution in [2.75, 3.05) is 5.32 Å². The molecule has 4 N–H and O–H groups in total. The maximum absolute atomic E-state index is 8.44. The van der Waals surface area contributed by atoms with Gasteiger partial charge in [0.1, 0.15) is 5.84 Å². The van der Waals surface area contributed by atoms with Gasteiger partial charge in [-0.15, -0.1) is 0 Å². The quantitative estimate of drug-likeness (QED) is 0.328. The van der Waals surface area contributed by atoms with Crippen LogP contribution in [0.2, 0.25) is 5.02 Å². The van der Waals surface area contributed by atoms with Gasteiger partial charge in [0, 0.05) is 23.2 Å². The molecule has 1 unspecified atom stereocenters. The Labute approximate surface area is 100 Å². The molecule has 0 fully saturated rings. The minimum Gasteiger partial charge on any atom is -0.409 e. The molecule has 0 aliphatic heterocycles. The van der Waals surface area contributed by atoms with Crippen LogP contribution in [-0.4, -0.2) is 17.1 Å². The van der Waals surface area contributed by atoms with Gasteiger partial charge >= 0.3 is 0 Å². The van der Waals surface area contributed by atoms with Crippen LogP contribution < -0.4 is 11.1 Å². The molecule has 1 aromatic rings. The van der Waals surface area contributed by atoms with Gasteiger partial charge in [0.05, 0.1) is 0 Å². The zero-order valence-electron chi connectivity index (χ0n) is 9.37. The lowest BCUT2D eigenvalue weighted by molar-refractivity contribution is 0.316. The zero-order chi connectivity index (χ0) is 12.1. The fourth-order valence-corrected chi connectivity index (χ4v) is 1.55. The zero-order valence-corrected chi connectivity index (χ0v) is 10.1. The number of nitrogens with one attached hydrogen (secondary N) is 1. The van der Waals surface area contributed by atoms with Gasteiger partial charge < -0.3 is 16.3 Å². The van der Waals surface area contributed by atoms with Crippen LogP contribution in [0.15, 0.2) is 23.4 Å². The van der Waals surface area contributed by atoms with Crippen LogP contribution in [0.4, 0.5) is 5.69 Å². The van der Waals surface area contributed by atoms with E-state index in [4.69, 9.17) is 22.5 Å². The van der Waals surface area contributed by atoms with E-state index in [1.807, 2.05) is 32.0 Å². The Balaban J connectivity index is 2.63. The molecule has 0 bridgehead atoms. The summed E-state index contributed by atoms with van der Waals surface area (Å²) in [4.78, 5) is 0. The van der Waals surface area contributed by atoms with Crippen LogP contribution >= 0.6 is 11.6 Å². The number of oxime groups is 1. The monoisotopic (exact) mass is 241 g/mol. The number of hydrogen-bond acceptors (Lipinski definition) is 3. The Morgan fingerprint density at radius 1 is 1.62 bits per heavy atom. The highest BCUT2D eigenvalue weighted by Crippen LogP contribution is 2.20. The number of hydrogen-bond donors (Lipinski definition) is 3. The first-order valence-electron chi connectivity index (χ1n) is 5.02. The average Bonchev–Trinajstić information content (AvgIpc) is 2.23. The van der Waals surface area contributed by atoms with Gasteiger partial charge in [-0.1, -0.05) is 22.8 Å². The molecule has 4 nitrogen and oxygen atoms in total. The third-order valence-corrected chi connectivity index (χ3v) is 2.64. The largest absolute Gasteiger partial charge is 0.409 e. The molecule has 1 atom stereocenters. The van der Waals surface area contributed by atoms with Crippen LogP contribution in [-0.2, 0) is 0 Å². The predicted molar refractivity (Wildman–Crippen MR) is 67.3 cm³/mol. The second-order valence-electron chi connectivity index (χ2n) is 3.80. The smallest absolute Gasteiger partial charge is 0.141 e. The standard InChI is InChI=1S/C11H16ClN3O/c1-7-3-4-9(6-10(7)12)14-8(2)5-11(13)15-16/h3-4,6,8,14,16H,5H2,1-2H3,(H2,13,15). The SMILES string of the molecule is Cc1ccc(NC(C)CC(N)=NO)cc1Cl. The summed E-state index contributed by atoms with van der Waals surface area (Å²) in [5, 5.41) is 15.3. The highest BCUT2D eigenvalue weighted by Gasteiger charge is 2.05. The maximum Gasteiger partial charge on any atom is 0.141 e. The van der Waals surface area contributed by atoms with Crippen molar-refractivity contribution < 1.29 is 5.21 Å². The summed E-state index contributed by atoms with van der Waals surface area (Å²) in [6.45, 7) is 3.90. The molecule has 0 radical (unpaired) electrons. The van der Waals surface area contributed by atoms with Crippen LogP contribution in [0, 0.1) is 6.92 Å². The highest BCUT2D eigenvalue weighted by atomic mass is 35.5. The van der Waals surface area contributed by atoms with E-state index in [-0.39, 0.29) is 11.9 Å². The average molecular weight is 242 g/mol. The van der Waals surface area contributed by atoms with Crippen molar-refractivity contribution in [3.63, 3.8) is 0 Å². The molecule has 0 spiro atoms. The van der Waals surface area contributed by atoms with E-state index in [9.17, 15) is 0 Å². The summed E-state index contributed by atoms with van der Waals surface area (Å²) in [6.07, 6.45) is 0.474. The molecule has 0 saturated carbocycles. The van der Waals surface area contributed by atoms with Crippen molar-refractivity contribution in [2.24, 2.45) is 10.9 Å². The van der Waals surface area contributed by atoms with Gasteiger partial charge in [-0.2, -0.15) is 0 Å². The first-order valence-corrected chi connectivity index (χ1v) is 5.40. The molecular weight excluding hydrogens is 226 g/mol. The Kier molecular flexibility index (Phi) is 4.43. The lowest BCUT2D eigenvalue weighted by atomic mass is 10.2. The van der Waals surface area contributed by atoms with E-state index in [0.717, 1.165) is 16.3 Å².